The van der Waals surface area contributed by atoms with Crippen LogP contribution < -0.4 is 0 Å². The van der Waals surface area contributed by atoms with E-state index >= 15 is 0 Å². The second kappa shape index (κ2) is 11.4. The molecule has 1 atom stereocenters. The molecule has 3 amide bonds. The van der Waals surface area contributed by atoms with E-state index in [-0.39, 0.29) is 31.4 Å². The molecule has 1 fully saturated rings. The first-order valence-electron chi connectivity index (χ1n) is 11.4. The van der Waals surface area contributed by atoms with Crippen molar-refractivity contribution < 1.29 is 28.7 Å². The first-order chi connectivity index (χ1) is 16.3. The van der Waals surface area contributed by atoms with Crippen LogP contribution >= 0.6 is 11.6 Å². The van der Waals surface area contributed by atoms with Crippen LogP contribution in [0.4, 0.5) is 4.79 Å². The van der Waals surface area contributed by atoms with Crippen LogP contribution in [0, 0.1) is 0 Å². The summed E-state index contributed by atoms with van der Waals surface area (Å²) in [6.07, 6.45) is -0.400. The van der Waals surface area contributed by atoms with E-state index in [9.17, 15) is 19.2 Å². The molecule has 0 N–H and O–H groups in total. The Hall–Kier alpha value is -3.07. The largest absolute Gasteiger partial charge is 0.463 e. The standard InChI is InChI=1S/C24H30ClN3O6/c1-4-33-23(31)22-16(3)28(20(29)14-18(22)17-8-6-7-9-19(17)25)15-21(30)26-10-12-27(13-11-26)24(32)34-5-2/h6-9,18H,4-5,10-15H2,1-3H3. The predicted molar refractivity (Wildman–Crippen MR) is 125 cm³/mol. The number of benzene rings is 1. The maximum absolute atomic E-state index is 13.1. The molecule has 0 saturated carbocycles. The highest BCUT2D eigenvalue weighted by molar-refractivity contribution is 6.31. The first kappa shape index (κ1) is 25.6. The van der Waals surface area contributed by atoms with Crippen molar-refractivity contribution in [3.8, 4) is 0 Å². The third-order valence-corrected chi connectivity index (χ3v) is 6.39. The molecule has 0 radical (unpaired) electrons. The molecular formula is C24H30ClN3O6. The zero-order chi connectivity index (χ0) is 24.8. The fourth-order valence-corrected chi connectivity index (χ4v) is 4.56. The molecular weight excluding hydrogens is 462 g/mol. The summed E-state index contributed by atoms with van der Waals surface area (Å²) in [5.74, 6) is -1.61. The average Bonchev–Trinajstić information content (AvgIpc) is 2.82. The number of nitrogens with zero attached hydrogens (tertiary/aromatic N) is 3. The summed E-state index contributed by atoms with van der Waals surface area (Å²) in [5, 5.41) is 0.457. The van der Waals surface area contributed by atoms with E-state index in [0.29, 0.717) is 54.6 Å². The van der Waals surface area contributed by atoms with Crippen LogP contribution in [0.2, 0.25) is 5.02 Å². The summed E-state index contributed by atoms with van der Waals surface area (Å²) >= 11 is 6.38. The highest BCUT2D eigenvalue weighted by Gasteiger charge is 2.39. The smallest absolute Gasteiger partial charge is 0.409 e. The number of allylic oxidation sites excluding steroid dienone is 1. The number of carbonyl (C=O) groups excluding carboxylic acids is 4. The van der Waals surface area contributed by atoms with Crippen LogP contribution in [0.25, 0.3) is 0 Å². The SMILES string of the molecule is CCOC(=O)C1=C(C)N(CC(=O)N2CCN(C(=O)OCC)CC2)C(=O)CC1c1ccccc1Cl. The van der Waals surface area contributed by atoms with Crippen molar-refractivity contribution in [1.82, 2.24) is 14.7 Å². The van der Waals surface area contributed by atoms with Gasteiger partial charge in [0.15, 0.2) is 0 Å². The van der Waals surface area contributed by atoms with Gasteiger partial charge in [0, 0.05) is 49.2 Å². The van der Waals surface area contributed by atoms with Gasteiger partial charge in [-0.25, -0.2) is 9.59 Å². The monoisotopic (exact) mass is 491 g/mol. The predicted octanol–water partition coefficient (Wildman–Crippen LogP) is 2.79. The number of esters is 1. The van der Waals surface area contributed by atoms with Gasteiger partial charge in [-0.15, -0.1) is 0 Å². The van der Waals surface area contributed by atoms with Crippen molar-refractivity contribution in [1.29, 1.82) is 0 Å². The first-order valence-corrected chi connectivity index (χ1v) is 11.8. The van der Waals surface area contributed by atoms with Gasteiger partial charge < -0.3 is 24.2 Å². The summed E-state index contributed by atoms with van der Waals surface area (Å²) in [6.45, 7) is 6.78. The Morgan fingerprint density at radius 1 is 1.00 bits per heavy atom. The number of piperazine rings is 1. The number of rotatable bonds is 6. The van der Waals surface area contributed by atoms with Crippen LogP contribution in [0.5, 0.6) is 0 Å². The number of hydrogen-bond donors (Lipinski definition) is 0. The minimum absolute atomic E-state index is 0.000856. The highest BCUT2D eigenvalue weighted by atomic mass is 35.5. The van der Waals surface area contributed by atoms with E-state index in [2.05, 4.69) is 0 Å². The second-order valence-electron chi connectivity index (χ2n) is 8.04. The Balaban J connectivity index is 1.80. The molecule has 2 aliphatic rings. The van der Waals surface area contributed by atoms with E-state index in [1.165, 1.54) is 4.90 Å². The topological polar surface area (TPSA) is 96.5 Å². The van der Waals surface area contributed by atoms with Crippen molar-refractivity contribution in [3.05, 3.63) is 46.1 Å². The van der Waals surface area contributed by atoms with Gasteiger partial charge in [0.25, 0.3) is 0 Å². The van der Waals surface area contributed by atoms with Gasteiger partial charge in [0.1, 0.15) is 6.54 Å². The molecule has 0 aromatic heterocycles. The Morgan fingerprint density at radius 2 is 1.62 bits per heavy atom. The average molecular weight is 492 g/mol. The normalized spacial score (nSPS) is 18.8. The van der Waals surface area contributed by atoms with E-state index < -0.39 is 18.0 Å². The van der Waals surface area contributed by atoms with Crippen LogP contribution in [0.15, 0.2) is 35.5 Å². The Morgan fingerprint density at radius 3 is 2.24 bits per heavy atom. The zero-order valence-electron chi connectivity index (χ0n) is 19.7. The summed E-state index contributed by atoms with van der Waals surface area (Å²) in [4.78, 5) is 55.4. The summed E-state index contributed by atoms with van der Waals surface area (Å²) in [7, 11) is 0. The van der Waals surface area contributed by atoms with Crippen molar-refractivity contribution in [2.24, 2.45) is 0 Å². The lowest BCUT2D eigenvalue weighted by Crippen LogP contribution is -2.53. The number of ether oxygens (including phenoxy) is 2. The molecule has 9 nitrogen and oxygen atoms in total. The van der Waals surface area contributed by atoms with Gasteiger partial charge in [-0.3, -0.25) is 9.59 Å². The van der Waals surface area contributed by atoms with Gasteiger partial charge >= 0.3 is 12.1 Å². The maximum Gasteiger partial charge on any atom is 0.409 e. The van der Waals surface area contributed by atoms with Gasteiger partial charge in [0.2, 0.25) is 11.8 Å². The van der Waals surface area contributed by atoms with Gasteiger partial charge in [-0.2, -0.15) is 0 Å². The zero-order valence-corrected chi connectivity index (χ0v) is 20.5. The summed E-state index contributed by atoms with van der Waals surface area (Å²) in [5.41, 5.74) is 1.38. The molecule has 184 valence electrons. The molecule has 0 aliphatic carbocycles. The van der Waals surface area contributed by atoms with E-state index in [1.54, 1.807) is 54.8 Å². The number of halogens is 1. The fourth-order valence-electron chi connectivity index (χ4n) is 4.29. The summed E-state index contributed by atoms with van der Waals surface area (Å²) in [6, 6.07) is 7.08. The molecule has 0 bridgehead atoms. The van der Waals surface area contributed by atoms with Crippen LogP contribution in [0.3, 0.4) is 0 Å². The Bertz CT molecular complexity index is 987. The molecule has 2 heterocycles. The molecule has 0 spiro atoms. The quantitative estimate of drug-likeness (QED) is 0.568. The van der Waals surface area contributed by atoms with Crippen molar-refractivity contribution in [2.75, 3.05) is 45.9 Å². The van der Waals surface area contributed by atoms with E-state index in [0.717, 1.165) is 0 Å². The number of hydrogen-bond acceptors (Lipinski definition) is 6. The highest BCUT2D eigenvalue weighted by Crippen LogP contribution is 2.39. The van der Waals surface area contributed by atoms with E-state index in [4.69, 9.17) is 21.1 Å². The van der Waals surface area contributed by atoms with Crippen LogP contribution in [-0.2, 0) is 23.9 Å². The van der Waals surface area contributed by atoms with Crippen LogP contribution in [-0.4, -0.2) is 84.5 Å². The number of amides is 3. The lowest BCUT2D eigenvalue weighted by atomic mass is 9.83. The third-order valence-electron chi connectivity index (χ3n) is 6.05. The van der Waals surface area contributed by atoms with E-state index in [1.807, 2.05) is 0 Å². The minimum atomic E-state index is -0.556. The lowest BCUT2D eigenvalue weighted by Gasteiger charge is -2.37. The fraction of sp³-hybridized carbons (Fsp3) is 0.500. The van der Waals surface area contributed by atoms with Crippen molar-refractivity contribution in [2.45, 2.75) is 33.1 Å². The van der Waals surface area contributed by atoms with Gasteiger partial charge in [-0.1, -0.05) is 29.8 Å². The lowest BCUT2D eigenvalue weighted by molar-refractivity contribution is -0.143. The van der Waals surface area contributed by atoms with Crippen molar-refractivity contribution in [3.63, 3.8) is 0 Å². The second-order valence-corrected chi connectivity index (χ2v) is 8.45. The third kappa shape index (κ3) is 5.52. The number of carbonyl (C=O) groups is 4. The van der Waals surface area contributed by atoms with Crippen molar-refractivity contribution >= 4 is 35.5 Å². The molecule has 34 heavy (non-hydrogen) atoms. The minimum Gasteiger partial charge on any atom is -0.463 e. The maximum atomic E-state index is 13.1. The molecule has 3 rings (SSSR count). The molecule has 1 unspecified atom stereocenters. The summed E-state index contributed by atoms with van der Waals surface area (Å²) < 4.78 is 10.3. The van der Waals surface area contributed by atoms with Gasteiger partial charge in [-0.05, 0) is 32.4 Å². The van der Waals surface area contributed by atoms with Crippen LogP contribution in [0.1, 0.15) is 38.7 Å². The molecule has 1 saturated heterocycles. The Kier molecular flexibility index (Phi) is 8.55. The Labute approximate surface area is 204 Å². The molecule has 1 aromatic carbocycles. The van der Waals surface area contributed by atoms with Gasteiger partial charge in [0.05, 0.1) is 18.8 Å². The molecule has 1 aromatic rings. The molecule has 10 heteroatoms. The molecule has 2 aliphatic heterocycles.